The highest BCUT2D eigenvalue weighted by Crippen LogP contribution is 2.25. The number of rotatable bonds is 1. The number of aryl methyl sites for hydroxylation is 1. The molecule has 0 atom stereocenters. The normalized spacial score (nSPS) is 10.5. The molecule has 0 amide bonds. The van der Waals surface area contributed by atoms with Gasteiger partial charge in [-0.1, -0.05) is 0 Å². The number of hydrogen-bond donors (Lipinski definition) is 0. The van der Waals surface area contributed by atoms with Crippen LogP contribution in [-0.2, 0) is 0 Å². The molecular formula is C11H7ClF2N2. The second-order valence-corrected chi connectivity index (χ2v) is 3.63. The highest BCUT2D eigenvalue weighted by Gasteiger charge is 2.11. The third-order valence-corrected chi connectivity index (χ3v) is 2.34. The first kappa shape index (κ1) is 11.0. The van der Waals surface area contributed by atoms with E-state index in [2.05, 4.69) is 9.97 Å². The predicted molar refractivity (Wildman–Crippen MR) is 57.1 cm³/mol. The predicted octanol–water partition coefficient (Wildman–Crippen LogP) is 3.38. The number of halogens is 3. The molecular weight excluding hydrogens is 234 g/mol. The van der Waals surface area contributed by atoms with Crippen molar-refractivity contribution in [3.05, 3.63) is 46.9 Å². The van der Waals surface area contributed by atoms with Crippen LogP contribution < -0.4 is 0 Å². The van der Waals surface area contributed by atoms with E-state index in [1.54, 1.807) is 6.92 Å². The van der Waals surface area contributed by atoms with Gasteiger partial charge in [-0.3, -0.25) is 0 Å². The second-order valence-electron chi connectivity index (χ2n) is 3.29. The third kappa shape index (κ3) is 2.02. The van der Waals surface area contributed by atoms with Crippen molar-refractivity contribution in [1.29, 1.82) is 0 Å². The fraction of sp³-hybridized carbons (Fsp3) is 0.0909. The van der Waals surface area contributed by atoms with Crippen molar-refractivity contribution in [2.45, 2.75) is 6.92 Å². The molecule has 2 nitrogen and oxygen atoms in total. The summed E-state index contributed by atoms with van der Waals surface area (Å²) < 4.78 is 26.3. The summed E-state index contributed by atoms with van der Waals surface area (Å²) in [5.41, 5.74) is 1.18. The average Bonchev–Trinajstić information content (AvgIpc) is 2.22. The molecule has 1 heterocycles. The molecule has 0 saturated heterocycles. The Morgan fingerprint density at radius 2 is 2.00 bits per heavy atom. The minimum atomic E-state index is -0.584. The Morgan fingerprint density at radius 1 is 1.25 bits per heavy atom. The van der Waals surface area contributed by atoms with Crippen molar-refractivity contribution >= 4 is 11.6 Å². The molecule has 16 heavy (non-hydrogen) atoms. The minimum Gasteiger partial charge on any atom is -0.223 e. The van der Waals surface area contributed by atoms with Gasteiger partial charge in [0.15, 0.2) is 5.82 Å². The van der Waals surface area contributed by atoms with Crippen LogP contribution >= 0.6 is 11.6 Å². The van der Waals surface area contributed by atoms with Crippen molar-refractivity contribution < 1.29 is 8.78 Å². The van der Waals surface area contributed by atoms with Crippen molar-refractivity contribution in [1.82, 2.24) is 9.97 Å². The Hall–Kier alpha value is -1.55. The molecule has 1 aromatic heterocycles. The molecule has 82 valence electrons. The molecule has 5 heteroatoms. The van der Waals surface area contributed by atoms with Gasteiger partial charge in [-0.25, -0.2) is 18.7 Å². The van der Waals surface area contributed by atoms with E-state index in [4.69, 9.17) is 11.6 Å². The standard InChI is InChI=1S/C11H7ClF2N2/c1-6-4-7(13)2-3-8(6)10-9(14)5-15-11(12)16-10/h2-5H,1H3. The van der Waals surface area contributed by atoms with Crippen molar-refractivity contribution in [3.63, 3.8) is 0 Å². The Morgan fingerprint density at radius 3 is 2.69 bits per heavy atom. The van der Waals surface area contributed by atoms with E-state index in [-0.39, 0.29) is 16.8 Å². The third-order valence-electron chi connectivity index (χ3n) is 2.16. The Balaban J connectivity index is 2.62. The first-order chi connectivity index (χ1) is 7.58. The smallest absolute Gasteiger partial charge is 0.223 e. The molecule has 2 aromatic rings. The van der Waals surface area contributed by atoms with Gasteiger partial charge in [0.25, 0.3) is 0 Å². The van der Waals surface area contributed by atoms with E-state index in [0.29, 0.717) is 11.1 Å². The zero-order valence-electron chi connectivity index (χ0n) is 8.34. The van der Waals surface area contributed by atoms with Gasteiger partial charge in [-0.2, -0.15) is 0 Å². The van der Waals surface area contributed by atoms with Gasteiger partial charge in [0.05, 0.1) is 6.20 Å². The van der Waals surface area contributed by atoms with Crippen LogP contribution in [0.25, 0.3) is 11.3 Å². The van der Waals surface area contributed by atoms with Gasteiger partial charge in [0, 0.05) is 5.56 Å². The quantitative estimate of drug-likeness (QED) is 0.714. The highest BCUT2D eigenvalue weighted by atomic mass is 35.5. The highest BCUT2D eigenvalue weighted by molar-refractivity contribution is 6.28. The number of aromatic nitrogens is 2. The maximum Gasteiger partial charge on any atom is 0.223 e. The van der Waals surface area contributed by atoms with Crippen LogP contribution in [0.2, 0.25) is 5.28 Å². The lowest BCUT2D eigenvalue weighted by Gasteiger charge is -2.06. The monoisotopic (exact) mass is 240 g/mol. The molecule has 0 aliphatic heterocycles. The fourth-order valence-electron chi connectivity index (χ4n) is 1.43. The van der Waals surface area contributed by atoms with Gasteiger partial charge >= 0.3 is 0 Å². The van der Waals surface area contributed by atoms with E-state index >= 15 is 0 Å². The van der Waals surface area contributed by atoms with Crippen LogP contribution in [0.5, 0.6) is 0 Å². The molecule has 0 fully saturated rings. The summed E-state index contributed by atoms with van der Waals surface area (Å²) in [6.45, 7) is 1.67. The first-order valence-corrected chi connectivity index (χ1v) is 4.90. The van der Waals surface area contributed by atoms with Gasteiger partial charge in [-0.15, -0.1) is 0 Å². The van der Waals surface area contributed by atoms with Crippen LogP contribution in [0, 0.1) is 18.6 Å². The largest absolute Gasteiger partial charge is 0.223 e. The summed E-state index contributed by atoms with van der Waals surface area (Å²) in [4.78, 5) is 7.31. The van der Waals surface area contributed by atoms with Gasteiger partial charge in [0.2, 0.25) is 5.28 Å². The number of nitrogens with zero attached hydrogens (tertiary/aromatic N) is 2. The topological polar surface area (TPSA) is 25.8 Å². The van der Waals surface area contributed by atoms with Gasteiger partial charge < -0.3 is 0 Å². The van der Waals surface area contributed by atoms with E-state index in [0.717, 1.165) is 6.20 Å². The molecule has 0 unspecified atom stereocenters. The molecule has 0 saturated carbocycles. The van der Waals surface area contributed by atoms with Gasteiger partial charge in [-0.05, 0) is 42.3 Å². The summed E-state index contributed by atoms with van der Waals surface area (Å²) in [5, 5.41) is -0.0416. The minimum absolute atomic E-state index is 0.0416. The van der Waals surface area contributed by atoms with Crippen molar-refractivity contribution in [3.8, 4) is 11.3 Å². The van der Waals surface area contributed by atoms with Crippen molar-refractivity contribution in [2.24, 2.45) is 0 Å². The Labute approximate surface area is 95.9 Å². The number of hydrogen-bond acceptors (Lipinski definition) is 2. The molecule has 0 spiro atoms. The van der Waals surface area contributed by atoms with E-state index in [1.165, 1.54) is 18.2 Å². The molecule has 0 bridgehead atoms. The fourth-order valence-corrected chi connectivity index (χ4v) is 1.56. The first-order valence-electron chi connectivity index (χ1n) is 4.52. The Kier molecular flexibility index (Phi) is 2.83. The van der Waals surface area contributed by atoms with E-state index < -0.39 is 5.82 Å². The second kappa shape index (κ2) is 4.14. The summed E-state index contributed by atoms with van der Waals surface area (Å²) in [5.74, 6) is -0.957. The van der Waals surface area contributed by atoms with Crippen LogP contribution in [0.3, 0.4) is 0 Å². The van der Waals surface area contributed by atoms with Gasteiger partial charge in [0.1, 0.15) is 11.5 Å². The summed E-state index contributed by atoms with van der Waals surface area (Å²) in [6, 6.07) is 4.02. The maximum absolute atomic E-state index is 13.5. The van der Waals surface area contributed by atoms with Crippen LogP contribution in [0.15, 0.2) is 24.4 Å². The van der Waals surface area contributed by atoms with Crippen molar-refractivity contribution in [2.75, 3.05) is 0 Å². The summed E-state index contributed by atoms with van der Waals surface area (Å²) in [6.07, 6.45) is 0.994. The molecule has 0 radical (unpaired) electrons. The molecule has 0 aliphatic carbocycles. The maximum atomic E-state index is 13.5. The van der Waals surface area contributed by atoms with Crippen LogP contribution in [0.1, 0.15) is 5.56 Å². The lowest BCUT2D eigenvalue weighted by molar-refractivity contribution is 0.616. The van der Waals surface area contributed by atoms with E-state index in [9.17, 15) is 8.78 Å². The van der Waals surface area contributed by atoms with E-state index in [1.807, 2.05) is 0 Å². The zero-order chi connectivity index (χ0) is 11.7. The number of benzene rings is 1. The molecule has 0 N–H and O–H groups in total. The lowest BCUT2D eigenvalue weighted by Crippen LogP contribution is -1.95. The SMILES string of the molecule is Cc1cc(F)ccc1-c1nc(Cl)ncc1F. The summed E-state index contributed by atoms with van der Waals surface area (Å²) >= 11 is 5.59. The zero-order valence-corrected chi connectivity index (χ0v) is 9.09. The van der Waals surface area contributed by atoms with Crippen LogP contribution in [-0.4, -0.2) is 9.97 Å². The Bertz CT molecular complexity index is 544. The lowest BCUT2D eigenvalue weighted by atomic mass is 10.1. The molecule has 1 aromatic carbocycles. The average molecular weight is 241 g/mol. The molecule has 2 rings (SSSR count). The molecule has 0 aliphatic rings. The summed E-state index contributed by atoms with van der Waals surface area (Å²) in [7, 11) is 0. The van der Waals surface area contributed by atoms with Crippen LogP contribution in [0.4, 0.5) is 8.78 Å².